The summed E-state index contributed by atoms with van der Waals surface area (Å²) in [7, 11) is -0.980. The Morgan fingerprint density at radius 1 is 1.27 bits per heavy atom. The number of carbonyl (C=O) groups excluding carboxylic acids is 1. The quantitative estimate of drug-likeness (QED) is 0.690. The predicted molar refractivity (Wildman–Crippen MR) is 88.0 cm³/mol. The van der Waals surface area contributed by atoms with Crippen molar-refractivity contribution in [2.75, 3.05) is 0 Å². The van der Waals surface area contributed by atoms with E-state index in [-0.39, 0.29) is 5.78 Å². The number of halogens is 2. The van der Waals surface area contributed by atoms with E-state index in [0.717, 1.165) is 11.1 Å². The Hall–Kier alpha value is -1.33. The highest BCUT2D eigenvalue weighted by Crippen LogP contribution is 2.23. The van der Waals surface area contributed by atoms with Gasteiger partial charge in [-0.05, 0) is 47.3 Å². The van der Waals surface area contributed by atoms with Crippen LogP contribution in [0.1, 0.15) is 27.9 Å². The second-order valence-corrected chi connectivity index (χ2v) is 6.09. The van der Waals surface area contributed by atoms with Crippen molar-refractivity contribution in [2.24, 2.45) is 0 Å². The first-order valence-electron chi connectivity index (χ1n) is 6.94. The largest absolute Gasteiger partial charge is 0.491 e. The minimum atomic E-state index is -0.980. The highest BCUT2D eigenvalue weighted by Gasteiger charge is 2.29. The van der Waals surface area contributed by atoms with Gasteiger partial charge in [0.15, 0.2) is 5.78 Å². The summed E-state index contributed by atoms with van der Waals surface area (Å²) in [6.07, 6.45) is 0.918. The normalized spacial score (nSPS) is 13.3. The molecule has 1 heterocycles. The van der Waals surface area contributed by atoms with Crippen LogP contribution in [0.25, 0.3) is 0 Å². The third-order valence-corrected chi connectivity index (χ3v) is 4.27. The molecule has 1 aliphatic heterocycles. The zero-order valence-electron chi connectivity index (χ0n) is 11.7. The van der Waals surface area contributed by atoms with E-state index in [2.05, 4.69) is 0 Å². The van der Waals surface area contributed by atoms with Crippen LogP contribution in [0.4, 0.5) is 0 Å². The van der Waals surface area contributed by atoms with Gasteiger partial charge < -0.3 is 9.68 Å². The summed E-state index contributed by atoms with van der Waals surface area (Å²) in [6, 6.07) is 10.8. The summed E-state index contributed by atoms with van der Waals surface area (Å²) < 4.78 is 5.13. The summed E-state index contributed by atoms with van der Waals surface area (Å²) in [6.45, 7) is 0.313. The molecular formula is C16H13BCl2O3. The molecule has 2 aromatic rings. The standard InChI is InChI=1S/C16H13BCl2O3/c18-12-3-1-2-10(6-12)4-5-16(20)13-8-14-11(7-15(13)19)9-22-17(14)21/h1-3,6-8,21H,4-5,9H2. The van der Waals surface area contributed by atoms with Crippen molar-refractivity contribution < 1.29 is 14.5 Å². The molecule has 22 heavy (non-hydrogen) atoms. The smallest absolute Gasteiger partial charge is 0.423 e. The van der Waals surface area contributed by atoms with Crippen molar-refractivity contribution in [1.82, 2.24) is 0 Å². The van der Waals surface area contributed by atoms with Crippen molar-refractivity contribution in [2.45, 2.75) is 19.4 Å². The fourth-order valence-corrected chi connectivity index (χ4v) is 3.05. The molecule has 0 bridgehead atoms. The van der Waals surface area contributed by atoms with E-state index in [1.165, 1.54) is 0 Å². The molecule has 0 spiro atoms. The highest BCUT2D eigenvalue weighted by atomic mass is 35.5. The van der Waals surface area contributed by atoms with Gasteiger partial charge in [-0.25, -0.2) is 0 Å². The minimum Gasteiger partial charge on any atom is -0.423 e. The van der Waals surface area contributed by atoms with E-state index in [1.54, 1.807) is 18.2 Å². The van der Waals surface area contributed by atoms with E-state index in [0.29, 0.717) is 40.5 Å². The molecule has 3 nitrogen and oxygen atoms in total. The summed E-state index contributed by atoms with van der Waals surface area (Å²) in [5, 5.41) is 10.8. The number of hydrogen-bond acceptors (Lipinski definition) is 3. The lowest BCUT2D eigenvalue weighted by Crippen LogP contribution is -2.29. The number of aryl methyl sites for hydroxylation is 1. The molecule has 6 heteroatoms. The highest BCUT2D eigenvalue weighted by molar-refractivity contribution is 6.61. The summed E-state index contributed by atoms with van der Waals surface area (Å²) in [4.78, 5) is 12.4. The van der Waals surface area contributed by atoms with Gasteiger partial charge in [0.05, 0.1) is 11.6 Å². The van der Waals surface area contributed by atoms with Gasteiger partial charge in [0.25, 0.3) is 0 Å². The lowest BCUT2D eigenvalue weighted by atomic mass is 9.78. The van der Waals surface area contributed by atoms with E-state index in [4.69, 9.17) is 27.9 Å². The Labute approximate surface area is 139 Å². The molecule has 0 aromatic heterocycles. The van der Waals surface area contributed by atoms with Gasteiger partial charge in [-0.15, -0.1) is 0 Å². The van der Waals surface area contributed by atoms with Gasteiger partial charge in [0.2, 0.25) is 0 Å². The number of fused-ring (bicyclic) bond motifs is 1. The second-order valence-electron chi connectivity index (χ2n) is 5.25. The zero-order chi connectivity index (χ0) is 15.7. The Morgan fingerprint density at radius 3 is 2.86 bits per heavy atom. The molecule has 0 unspecified atom stereocenters. The van der Waals surface area contributed by atoms with Crippen LogP contribution in [-0.4, -0.2) is 17.9 Å². The van der Waals surface area contributed by atoms with Gasteiger partial charge in [-0.3, -0.25) is 4.79 Å². The molecule has 0 atom stereocenters. The molecule has 0 saturated heterocycles. The molecule has 0 radical (unpaired) electrons. The van der Waals surface area contributed by atoms with Crippen molar-refractivity contribution in [3.05, 3.63) is 63.1 Å². The maximum Gasteiger partial charge on any atom is 0.491 e. The predicted octanol–water partition coefficient (Wildman–Crippen LogP) is 3.03. The van der Waals surface area contributed by atoms with Crippen molar-refractivity contribution in [3.8, 4) is 0 Å². The Morgan fingerprint density at radius 2 is 2.09 bits per heavy atom. The number of rotatable bonds is 4. The number of benzene rings is 2. The molecule has 0 aliphatic carbocycles. The Kier molecular flexibility index (Phi) is 4.55. The van der Waals surface area contributed by atoms with E-state index in [9.17, 15) is 9.82 Å². The van der Waals surface area contributed by atoms with E-state index >= 15 is 0 Å². The van der Waals surface area contributed by atoms with Crippen molar-refractivity contribution >= 4 is 41.6 Å². The number of carbonyl (C=O) groups is 1. The van der Waals surface area contributed by atoms with E-state index in [1.807, 2.05) is 18.2 Å². The van der Waals surface area contributed by atoms with Crippen LogP contribution >= 0.6 is 23.2 Å². The number of hydrogen-bond donors (Lipinski definition) is 1. The molecule has 1 aliphatic rings. The molecule has 112 valence electrons. The number of Topliss-reactive ketones (excluding diaryl/α,β-unsaturated/α-hetero) is 1. The van der Waals surface area contributed by atoms with Gasteiger partial charge >= 0.3 is 7.12 Å². The third-order valence-electron chi connectivity index (χ3n) is 3.72. The molecule has 0 amide bonds. The van der Waals surface area contributed by atoms with Crippen LogP contribution < -0.4 is 5.46 Å². The van der Waals surface area contributed by atoms with Crippen molar-refractivity contribution in [1.29, 1.82) is 0 Å². The Bertz CT molecular complexity index is 733. The van der Waals surface area contributed by atoms with Gasteiger partial charge in [0, 0.05) is 17.0 Å². The summed E-state index contributed by atoms with van der Waals surface area (Å²) >= 11 is 12.1. The monoisotopic (exact) mass is 334 g/mol. The molecule has 1 N–H and O–H groups in total. The molecule has 2 aromatic carbocycles. The Balaban J connectivity index is 1.77. The average Bonchev–Trinajstić information content (AvgIpc) is 2.84. The van der Waals surface area contributed by atoms with Crippen molar-refractivity contribution in [3.63, 3.8) is 0 Å². The summed E-state index contributed by atoms with van der Waals surface area (Å²) in [5.74, 6) is -0.0631. The topological polar surface area (TPSA) is 46.5 Å². The van der Waals surface area contributed by atoms with Crippen LogP contribution in [0.5, 0.6) is 0 Å². The maximum atomic E-state index is 12.4. The first-order valence-corrected chi connectivity index (χ1v) is 7.70. The lowest BCUT2D eigenvalue weighted by molar-refractivity contribution is 0.0983. The van der Waals surface area contributed by atoms with Gasteiger partial charge in [-0.1, -0.05) is 35.3 Å². The van der Waals surface area contributed by atoms with Crippen LogP contribution in [0.2, 0.25) is 10.0 Å². The molecular weight excluding hydrogens is 322 g/mol. The molecule has 0 saturated carbocycles. The van der Waals surface area contributed by atoms with Crippen LogP contribution in [0.3, 0.4) is 0 Å². The average molecular weight is 335 g/mol. The number of ketones is 1. The fraction of sp³-hybridized carbons (Fsp3) is 0.188. The van der Waals surface area contributed by atoms with Gasteiger partial charge in [-0.2, -0.15) is 0 Å². The third kappa shape index (κ3) is 3.20. The SMILES string of the molecule is O=C(CCc1cccc(Cl)c1)c1cc2c(cc1Cl)COB2O. The zero-order valence-corrected chi connectivity index (χ0v) is 13.2. The molecule has 3 rings (SSSR count). The van der Waals surface area contributed by atoms with E-state index < -0.39 is 7.12 Å². The van der Waals surface area contributed by atoms with Crippen LogP contribution in [-0.2, 0) is 17.7 Å². The van der Waals surface area contributed by atoms with Crippen LogP contribution in [0.15, 0.2) is 36.4 Å². The first kappa shape index (κ1) is 15.6. The van der Waals surface area contributed by atoms with Crippen LogP contribution in [0, 0.1) is 0 Å². The molecule has 0 fully saturated rings. The second kappa shape index (κ2) is 6.43. The lowest BCUT2D eigenvalue weighted by Gasteiger charge is -2.07. The maximum absolute atomic E-state index is 12.4. The fourth-order valence-electron chi connectivity index (χ4n) is 2.54. The van der Waals surface area contributed by atoms with Gasteiger partial charge in [0.1, 0.15) is 0 Å². The minimum absolute atomic E-state index is 0.0631. The first-order chi connectivity index (χ1) is 10.5. The summed E-state index contributed by atoms with van der Waals surface area (Å²) in [5.41, 5.74) is 2.87.